The summed E-state index contributed by atoms with van der Waals surface area (Å²) in [6.07, 6.45) is 3.89. The molecule has 1 aromatic heterocycles. The maximum atomic E-state index is 5.48. The van der Waals surface area contributed by atoms with Crippen molar-refractivity contribution in [1.82, 2.24) is 9.90 Å². The highest BCUT2D eigenvalue weighted by Crippen LogP contribution is 2.39. The van der Waals surface area contributed by atoms with Gasteiger partial charge in [-0.05, 0) is 35.5 Å². The van der Waals surface area contributed by atoms with Gasteiger partial charge in [-0.3, -0.25) is 0 Å². The molecule has 1 heterocycles. The highest BCUT2D eigenvalue weighted by atomic mass is 15.5. The highest BCUT2D eigenvalue weighted by Gasteiger charge is 2.28. The molecule has 218 valence electrons. The van der Waals surface area contributed by atoms with Crippen molar-refractivity contribution in [2.75, 3.05) is 0 Å². The fraction of sp³-hybridized carbons (Fsp3) is 0.474. The number of aromatic nitrogens is 3. The molecule has 41 heavy (non-hydrogen) atoms. The summed E-state index contributed by atoms with van der Waals surface area (Å²) in [6.45, 7) is 27.4. The Hall–Kier alpha value is -3.20. The average Bonchev–Trinajstić information content (AvgIpc) is 3.35. The summed E-state index contributed by atoms with van der Waals surface area (Å²) in [5.41, 5.74) is 12.6. The topological polar surface area (TPSA) is 21.7 Å². The van der Waals surface area contributed by atoms with Crippen LogP contribution in [0.1, 0.15) is 152 Å². The summed E-state index contributed by atoms with van der Waals surface area (Å²) in [7, 11) is 0. The van der Waals surface area contributed by atoms with E-state index in [9.17, 15) is 0 Å². The van der Waals surface area contributed by atoms with Gasteiger partial charge in [-0.25, -0.2) is 4.68 Å². The maximum absolute atomic E-state index is 5.48. The van der Waals surface area contributed by atoms with E-state index in [1.807, 2.05) is 0 Å². The predicted octanol–water partition coefficient (Wildman–Crippen LogP) is 10.4. The normalized spacial score (nSPS) is 12.2. The van der Waals surface area contributed by atoms with Crippen LogP contribution in [-0.2, 0) is 0 Å². The molecule has 0 unspecified atom stereocenters. The monoisotopic (exact) mass is 549 g/mol. The Morgan fingerprint density at radius 2 is 0.854 bits per heavy atom. The first-order valence-corrected chi connectivity index (χ1v) is 15.7. The van der Waals surface area contributed by atoms with Gasteiger partial charge in [0.25, 0.3) is 0 Å². The first-order valence-electron chi connectivity index (χ1n) is 15.7. The third-order valence-electron chi connectivity index (χ3n) is 8.32. The van der Waals surface area contributed by atoms with Crippen molar-refractivity contribution in [2.45, 2.75) is 119 Å². The molecular weight excluding hydrogens is 498 g/mol. The van der Waals surface area contributed by atoms with Crippen LogP contribution >= 0.6 is 0 Å². The molecule has 0 amide bonds. The van der Waals surface area contributed by atoms with E-state index in [0.717, 1.165) is 5.69 Å². The molecule has 0 atom stereocenters. The van der Waals surface area contributed by atoms with Crippen LogP contribution in [0.5, 0.6) is 0 Å². The van der Waals surface area contributed by atoms with E-state index in [0.29, 0.717) is 35.5 Å². The minimum Gasteiger partial charge on any atom is -0.206 e. The Bertz CT molecular complexity index is 1340. The van der Waals surface area contributed by atoms with Gasteiger partial charge in [0, 0.05) is 11.1 Å². The highest BCUT2D eigenvalue weighted by molar-refractivity contribution is 5.71. The molecule has 4 rings (SSSR count). The lowest BCUT2D eigenvalue weighted by Gasteiger charge is -2.23. The Kier molecular flexibility index (Phi) is 9.26. The van der Waals surface area contributed by atoms with Crippen molar-refractivity contribution in [1.29, 1.82) is 0 Å². The Labute approximate surface area is 249 Å². The Morgan fingerprint density at radius 1 is 0.512 bits per heavy atom. The lowest BCUT2D eigenvalue weighted by Crippen LogP contribution is -2.37. The minimum absolute atomic E-state index is 0.355. The van der Waals surface area contributed by atoms with Crippen LogP contribution < -0.4 is 4.68 Å². The number of para-hydroxylation sites is 2. The molecule has 0 saturated heterocycles. The third-order valence-corrected chi connectivity index (χ3v) is 8.32. The van der Waals surface area contributed by atoms with E-state index in [2.05, 4.69) is 153 Å². The molecule has 3 nitrogen and oxygen atoms in total. The number of nitrogens with zero attached hydrogens (tertiary/aromatic N) is 3. The first kappa shape index (κ1) is 30.8. The van der Waals surface area contributed by atoms with Crippen molar-refractivity contribution >= 4 is 0 Å². The lowest BCUT2D eigenvalue weighted by atomic mass is 9.86. The van der Waals surface area contributed by atoms with Crippen molar-refractivity contribution in [2.24, 2.45) is 0 Å². The number of benzene rings is 3. The molecular formula is C38H51N3. The Balaban J connectivity index is 2.24. The van der Waals surface area contributed by atoms with Crippen molar-refractivity contribution in [3.05, 3.63) is 94.2 Å². The molecule has 0 N–H and O–H groups in total. The maximum Gasteiger partial charge on any atom is 0.160 e. The second-order valence-electron chi connectivity index (χ2n) is 13.5. The fourth-order valence-corrected chi connectivity index (χ4v) is 6.06. The van der Waals surface area contributed by atoms with E-state index < -0.39 is 0 Å². The van der Waals surface area contributed by atoms with Crippen LogP contribution in [0, 0.1) is 6.20 Å². The van der Waals surface area contributed by atoms with Crippen LogP contribution in [0.3, 0.4) is 0 Å². The van der Waals surface area contributed by atoms with E-state index in [-0.39, 0.29) is 0 Å². The zero-order valence-corrected chi connectivity index (χ0v) is 27.5. The van der Waals surface area contributed by atoms with Crippen LogP contribution in [0.4, 0.5) is 0 Å². The van der Waals surface area contributed by atoms with Crippen LogP contribution in [0.15, 0.2) is 54.6 Å². The van der Waals surface area contributed by atoms with E-state index in [4.69, 9.17) is 5.21 Å². The van der Waals surface area contributed by atoms with Gasteiger partial charge in [-0.2, -0.15) is 0 Å². The zero-order chi connectivity index (χ0) is 30.2. The summed E-state index contributed by atoms with van der Waals surface area (Å²) < 4.78 is 4.31. The first-order chi connectivity index (χ1) is 19.3. The second kappa shape index (κ2) is 12.3. The van der Waals surface area contributed by atoms with Crippen LogP contribution in [0.2, 0.25) is 0 Å². The zero-order valence-electron chi connectivity index (χ0n) is 27.5. The summed E-state index contributed by atoms with van der Waals surface area (Å²) in [5, 5.41) is 5.48. The number of rotatable bonds is 9. The van der Waals surface area contributed by atoms with Gasteiger partial charge < -0.3 is 0 Å². The van der Waals surface area contributed by atoms with Gasteiger partial charge in [0.1, 0.15) is 0 Å². The molecule has 0 spiro atoms. The number of hydrogen-bond acceptors (Lipinski definition) is 1. The van der Waals surface area contributed by atoms with E-state index in [1.165, 1.54) is 50.3 Å². The molecule has 0 saturated carbocycles. The summed E-state index contributed by atoms with van der Waals surface area (Å²) in [5.74, 6) is 2.17. The average molecular weight is 550 g/mol. The molecule has 0 bridgehead atoms. The third kappa shape index (κ3) is 5.92. The lowest BCUT2D eigenvalue weighted by molar-refractivity contribution is -0.665. The predicted molar refractivity (Wildman–Crippen MR) is 174 cm³/mol. The fourth-order valence-electron chi connectivity index (χ4n) is 6.06. The number of hydrogen-bond donors (Lipinski definition) is 0. The minimum atomic E-state index is 0.355. The van der Waals surface area contributed by atoms with Crippen LogP contribution in [-0.4, -0.2) is 9.90 Å². The summed E-state index contributed by atoms with van der Waals surface area (Å²) >= 11 is 0. The molecule has 3 aromatic carbocycles. The second-order valence-corrected chi connectivity index (χ2v) is 13.5. The largest absolute Gasteiger partial charge is 0.206 e. The van der Waals surface area contributed by atoms with Crippen molar-refractivity contribution in [3.8, 4) is 22.6 Å². The standard InChI is InChI=1S/C38H51N3/c1-23(2)29-16-13-17-30(24(3)4)36(29)35-22-40(37-31(25(5)6)18-14-19-32(37)26(7)8)39-41(35)38-33(27(9)10)20-15-21-34(38)28(11)12/h13-21,23-28H,1-12H3. The molecule has 0 fully saturated rings. The molecule has 0 aliphatic rings. The molecule has 0 aliphatic heterocycles. The van der Waals surface area contributed by atoms with Crippen molar-refractivity contribution < 1.29 is 4.68 Å². The molecule has 3 heteroatoms. The van der Waals surface area contributed by atoms with Crippen LogP contribution in [0.25, 0.3) is 22.6 Å². The quantitative estimate of drug-likeness (QED) is 0.150. The smallest absolute Gasteiger partial charge is 0.160 e. The van der Waals surface area contributed by atoms with Gasteiger partial charge in [-0.1, -0.05) is 165 Å². The summed E-state index contributed by atoms with van der Waals surface area (Å²) in [4.78, 5) is 0. The van der Waals surface area contributed by atoms with E-state index in [1.54, 1.807) is 0 Å². The SMILES string of the molecule is CC(C)c1cccc(C(C)C)c1-c1[c-][n+](-c2c(C(C)C)cccc2C(C)C)nn1-c1c(C(C)C)cccc1C(C)C. The molecule has 4 aromatic rings. The Morgan fingerprint density at radius 3 is 1.22 bits per heavy atom. The van der Waals surface area contributed by atoms with Gasteiger partial charge in [0.05, 0.1) is 22.8 Å². The van der Waals surface area contributed by atoms with Gasteiger partial charge in [0.15, 0.2) is 5.69 Å². The molecule has 0 aliphatic carbocycles. The summed E-state index contributed by atoms with van der Waals surface area (Å²) in [6, 6.07) is 20.3. The van der Waals surface area contributed by atoms with Gasteiger partial charge in [0.2, 0.25) is 0 Å². The molecule has 0 radical (unpaired) electrons. The van der Waals surface area contributed by atoms with Crippen molar-refractivity contribution in [3.63, 3.8) is 0 Å². The van der Waals surface area contributed by atoms with Gasteiger partial charge >= 0.3 is 0 Å². The van der Waals surface area contributed by atoms with E-state index >= 15 is 0 Å². The van der Waals surface area contributed by atoms with Gasteiger partial charge in [-0.15, -0.1) is 4.68 Å².